The largest absolute Gasteiger partial charge is 0.371 e. The van der Waals surface area contributed by atoms with E-state index in [9.17, 15) is 14.0 Å². The first kappa shape index (κ1) is 22.3. The molecule has 6 nitrogen and oxygen atoms in total. The molecule has 2 heterocycles. The number of rotatable bonds is 7. The number of piperidine rings is 1. The number of nitrogens with one attached hydrogen (secondary N) is 2. The van der Waals surface area contributed by atoms with Crippen LogP contribution in [0.2, 0.25) is 0 Å². The van der Waals surface area contributed by atoms with E-state index in [4.69, 9.17) is 0 Å². The summed E-state index contributed by atoms with van der Waals surface area (Å²) >= 11 is 0. The minimum Gasteiger partial charge on any atom is -0.371 e. The second-order valence-electron chi connectivity index (χ2n) is 8.79. The van der Waals surface area contributed by atoms with Crippen molar-refractivity contribution in [3.63, 3.8) is 0 Å². The number of amides is 1. The Balaban J connectivity index is 1.24. The normalized spacial score (nSPS) is 19.2. The van der Waals surface area contributed by atoms with Gasteiger partial charge in [-0.15, -0.1) is 0 Å². The fraction of sp³-hybridized carbons (Fsp3) is 0.440. The van der Waals surface area contributed by atoms with E-state index in [2.05, 4.69) is 20.4 Å². The summed E-state index contributed by atoms with van der Waals surface area (Å²) in [5, 5.41) is 6.36. The molecule has 0 spiro atoms. The van der Waals surface area contributed by atoms with Gasteiger partial charge in [-0.3, -0.25) is 9.59 Å². The number of Topliss-reactive ketones (excluding diaryl/α,β-unsaturated/α-hetero) is 1. The first-order valence-electron chi connectivity index (χ1n) is 11.4. The van der Waals surface area contributed by atoms with Crippen LogP contribution in [0.15, 0.2) is 48.5 Å². The molecule has 0 aromatic heterocycles. The second-order valence-corrected chi connectivity index (χ2v) is 8.79. The lowest BCUT2D eigenvalue weighted by atomic mass is 9.95. The molecule has 0 radical (unpaired) electrons. The van der Waals surface area contributed by atoms with E-state index in [1.54, 1.807) is 19.1 Å². The number of hydrogen-bond donors (Lipinski definition) is 2. The first-order chi connectivity index (χ1) is 15.5. The van der Waals surface area contributed by atoms with E-state index in [0.717, 1.165) is 62.5 Å². The van der Waals surface area contributed by atoms with E-state index >= 15 is 0 Å². The van der Waals surface area contributed by atoms with Gasteiger partial charge in [-0.2, -0.15) is 0 Å². The standard InChI is InChI=1S/C25H31FN4O2/c1-18(31)16-27-22-12-15-30(17-22)24-8-4-21(5-9-24)28-25(32)19-10-13-29(14-11-19)23-6-2-20(26)3-7-23/h2-9,19,22,27H,10-17H2,1H3,(H,28,32). The van der Waals surface area contributed by atoms with Crippen LogP contribution in [0.5, 0.6) is 0 Å². The van der Waals surface area contributed by atoms with Gasteiger partial charge in [0.05, 0.1) is 6.54 Å². The maximum atomic E-state index is 13.1. The summed E-state index contributed by atoms with van der Waals surface area (Å²) in [5.41, 5.74) is 2.94. The zero-order valence-electron chi connectivity index (χ0n) is 18.5. The Morgan fingerprint density at radius 1 is 0.906 bits per heavy atom. The molecule has 2 aliphatic heterocycles. The van der Waals surface area contributed by atoms with Crippen molar-refractivity contribution >= 4 is 28.8 Å². The summed E-state index contributed by atoms with van der Waals surface area (Å²) in [6.45, 7) is 5.43. The van der Waals surface area contributed by atoms with Crippen molar-refractivity contribution in [3.05, 3.63) is 54.3 Å². The molecule has 32 heavy (non-hydrogen) atoms. The summed E-state index contributed by atoms with van der Waals surface area (Å²) in [4.78, 5) is 28.4. The molecule has 2 saturated heterocycles. The first-order valence-corrected chi connectivity index (χ1v) is 11.4. The number of anilines is 3. The van der Waals surface area contributed by atoms with Crippen LogP contribution in [-0.2, 0) is 9.59 Å². The predicted molar refractivity (Wildman–Crippen MR) is 126 cm³/mol. The van der Waals surface area contributed by atoms with Gasteiger partial charge in [0, 0.05) is 55.2 Å². The highest BCUT2D eigenvalue weighted by Gasteiger charge is 2.26. The Bertz CT molecular complexity index is 924. The molecular weight excluding hydrogens is 407 g/mol. The zero-order chi connectivity index (χ0) is 22.5. The Kier molecular flexibility index (Phi) is 7.05. The number of ketones is 1. The van der Waals surface area contributed by atoms with Crippen LogP contribution < -0.4 is 20.4 Å². The van der Waals surface area contributed by atoms with Crippen LogP contribution in [0.4, 0.5) is 21.5 Å². The molecule has 0 aliphatic carbocycles. The van der Waals surface area contributed by atoms with Crippen LogP contribution in [-0.4, -0.2) is 50.5 Å². The van der Waals surface area contributed by atoms with Gasteiger partial charge in [0.1, 0.15) is 11.6 Å². The van der Waals surface area contributed by atoms with Gasteiger partial charge in [-0.25, -0.2) is 4.39 Å². The van der Waals surface area contributed by atoms with Gasteiger partial charge in [-0.05, 0) is 74.7 Å². The summed E-state index contributed by atoms with van der Waals surface area (Å²) in [7, 11) is 0. The molecule has 2 N–H and O–H groups in total. The average molecular weight is 439 g/mol. The highest BCUT2D eigenvalue weighted by Crippen LogP contribution is 2.26. The summed E-state index contributed by atoms with van der Waals surface area (Å²) in [6.07, 6.45) is 2.58. The van der Waals surface area contributed by atoms with Crippen molar-refractivity contribution < 1.29 is 14.0 Å². The summed E-state index contributed by atoms with van der Waals surface area (Å²) in [5.74, 6) is -0.0304. The molecule has 2 fully saturated rings. The predicted octanol–water partition coefficient (Wildman–Crippen LogP) is 3.44. The highest BCUT2D eigenvalue weighted by molar-refractivity contribution is 5.92. The number of hydrogen-bond acceptors (Lipinski definition) is 5. The molecule has 2 aliphatic rings. The Morgan fingerprint density at radius 2 is 1.50 bits per heavy atom. The van der Waals surface area contributed by atoms with Gasteiger partial charge >= 0.3 is 0 Å². The van der Waals surface area contributed by atoms with Crippen molar-refractivity contribution in [1.29, 1.82) is 0 Å². The number of carbonyl (C=O) groups is 2. The smallest absolute Gasteiger partial charge is 0.227 e. The van der Waals surface area contributed by atoms with Gasteiger partial charge in [0.15, 0.2) is 0 Å². The minimum atomic E-state index is -0.233. The molecule has 1 atom stereocenters. The quantitative estimate of drug-likeness (QED) is 0.693. The molecule has 1 unspecified atom stereocenters. The molecular formula is C25H31FN4O2. The number of benzene rings is 2. The van der Waals surface area contributed by atoms with E-state index in [-0.39, 0.29) is 23.4 Å². The molecule has 170 valence electrons. The van der Waals surface area contributed by atoms with E-state index in [1.807, 2.05) is 24.3 Å². The lowest BCUT2D eigenvalue weighted by molar-refractivity contribution is -0.120. The van der Waals surface area contributed by atoms with Crippen molar-refractivity contribution in [2.24, 2.45) is 5.92 Å². The number of carbonyl (C=O) groups excluding carboxylic acids is 2. The summed E-state index contributed by atoms with van der Waals surface area (Å²) < 4.78 is 13.1. The van der Waals surface area contributed by atoms with E-state index in [0.29, 0.717) is 12.6 Å². The number of nitrogens with zero attached hydrogens (tertiary/aromatic N) is 2. The van der Waals surface area contributed by atoms with Crippen molar-refractivity contribution in [1.82, 2.24) is 5.32 Å². The third kappa shape index (κ3) is 5.65. The molecule has 0 saturated carbocycles. The average Bonchev–Trinajstić information content (AvgIpc) is 3.28. The molecule has 1 amide bonds. The molecule has 2 aromatic carbocycles. The van der Waals surface area contributed by atoms with E-state index < -0.39 is 0 Å². The lowest BCUT2D eigenvalue weighted by Gasteiger charge is -2.33. The van der Waals surface area contributed by atoms with Gasteiger partial charge in [0.25, 0.3) is 0 Å². The maximum absolute atomic E-state index is 13.1. The highest BCUT2D eigenvalue weighted by atomic mass is 19.1. The monoisotopic (exact) mass is 438 g/mol. The topological polar surface area (TPSA) is 64.7 Å². The fourth-order valence-corrected chi connectivity index (χ4v) is 4.50. The van der Waals surface area contributed by atoms with Crippen LogP contribution in [0.25, 0.3) is 0 Å². The Hall–Kier alpha value is -2.93. The van der Waals surface area contributed by atoms with Crippen molar-refractivity contribution in [2.45, 2.75) is 32.2 Å². The van der Waals surface area contributed by atoms with Crippen LogP contribution in [0.1, 0.15) is 26.2 Å². The molecule has 2 aromatic rings. The van der Waals surface area contributed by atoms with Crippen molar-refractivity contribution in [3.8, 4) is 0 Å². The van der Waals surface area contributed by atoms with Crippen molar-refractivity contribution in [2.75, 3.05) is 47.8 Å². The lowest BCUT2D eigenvalue weighted by Crippen LogP contribution is -2.38. The zero-order valence-corrected chi connectivity index (χ0v) is 18.5. The third-order valence-corrected chi connectivity index (χ3v) is 6.39. The Morgan fingerprint density at radius 3 is 2.16 bits per heavy atom. The Labute approximate surface area is 188 Å². The van der Waals surface area contributed by atoms with Gasteiger partial charge in [0.2, 0.25) is 5.91 Å². The second kappa shape index (κ2) is 10.1. The van der Waals surface area contributed by atoms with Crippen LogP contribution in [0.3, 0.4) is 0 Å². The minimum absolute atomic E-state index is 0.0157. The van der Waals surface area contributed by atoms with Gasteiger partial charge in [-0.1, -0.05) is 0 Å². The summed E-state index contributed by atoms with van der Waals surface area (Å²) in [6, 6.07) is 14.9. The number of halogens is 1. The van der Waals surface area contributed by atoms with Gasteiger partial charge < -0.3 is 20.4 Å². The van der Waals surface area contributed by atoms with Crippen LogP contribution >= 0.6 is 0 Å². The molecule has 0 bridgehead atoms. The molecule has 7 heteroatoms. The maximum Gasteiger partial charge on any atom is 0.227 e. The third-order valence-electron chi connectivity index (χ3n) is 6.39. The molecule has 4 rings (SSSR count). The SMILES string of the molecule is CC(=O)CNC1CCN(c2ccc(NC(=O)C3CCN(c4ccc(F)cc4)CC3)cc2)C1. The van der Waals surface area contributed by atoms with Crippen LogP contribution in [0, 0.1) is 11.7 Å². The van der Waals surface area contributed by atoms with E-state index in [1.165, 1.54) is 12.1 Å². The fourth-order valence-electron chi connectivity index (χ4n) is 4.50.